The number of amides is 1. The van der Waals surface area contributed by atoms with Crippen molar-refractivity contribution in [3.63, 3.8) is 0 Å². The molecule has 0 radical (unpaired) electrons. The lowest BCUT2D eigenvalue weighted by Crippen LogP contribution is -2.45. The molecule has 18 heavy (non-hydrogen) atoms. The third-order valence-electron chi connectivity index (χ3n) is 3.72. The molecule has 0 aliphatic rings. The first-order valence-corrected chi connectivity index (χ1v) is 6.42. The van der Waals surface area contributed by atoms with Crippen LogP contribution >= 0.6 is 0 Å². The zero-order valence-corrected chi connectivity index (χ0v) is 11.8. The van der Waals surface area contributed by atoms with Crippen molar-refractivity contribution in [2.45, 2.75) is 33.2 Å². The highest BCUT2D eigenvalue weighted by Gasteiger charge is 2.35. The van der Waals surface area contributed by atoms with Crippen LogP contribution in [0.15, 0.2) is 12.4 Å². The van der Waals surface area contributed by atoms with Crippen LogP contribution in [0.3, 0.4) is 0 Å². The van der Waals surface area contributed by atoms with Crippen LogP contribution in [-0.2, 0) is 18.4 Å². The van der Waals surface area contributed by atoms with Crippen LogP contribution in [0.5, 0.6) is 0 Å². The zero-order chi connectivity index (χ0) is 13.8. The van der Waals surface area contributed by atoms with E-state index in [1.165, 1.54) is 0 Å². The lowest BCUT2D eigenvalue weighted by atomic mass is 9.81. The Hall–Kier alpha value is -1.36. The van der Waals surface area contributed by atoms with Gasteiger partial charge in [0.25, 0.3) is 0 Å². The fraction of sp³-hybridized carbons (Fsp3) is 0.692. The summed E-state index contributed by atoms with van der Waals surface area (Å²) in [5, 5.41) is 4.11. The fourth-order valence-corrected chi connectivity index (χ4v) is 2.23. The molecule has 0 saturated heterocycles. The van der Waals surface area contributed by atoms with Gasteiger partial charge in [0.1, 0.15) is 0 Å². The SMILES string of the molecule is CCC(CC)(CN)C(=O)N(C)Cc1cnn(C)c1. The highest BCUT2D eigenvalue weighted by atomic mass is 16.2. The highest BCUT2D eigenvalue weighted by Crippen LogP contribution is 2.27. The number of hydrogen-bond donors (Lipinski definition) is 1. The van der Waals surface area contributed by atoms with E-state index in [4.69, 9.17) is 5.73 Å². The normalized spacial score (nSPS) is 11.6. The zero-order valence-electron chi connectivity index (χ0n) is 11.8. The van der Waals surface area contributed by atoms with E-state index in [1.807, 2.05) is 34.1 Å². The predicted molar refractivity (Wildman–Crippen MR) is 71.8 cm³/mol. The molecule has 0 fully saturated rings. The van der Waals surface area contributed by atoms with Gasteiger partial charge in [-0.3, -0.25) is 9.48 Å². The van der Waals surface area contributed by atoms with Gasteiger partial charge in [-0.1, -0.05) is 13.8 Å². The molecular formula is C13H24N4O. The average molecular weight is 252 g/mol. The summed E-state index contributed by atoms with van der Waals surface area (Å²) in [6.07, 6.45) is 5.25. The monoisotopic (exact) mass is 252 g/mol. The molecule has 1 aromatic rings. The Balaban J connectivity index is 2.76. The number of carbonyl (C=O) groups excluding carboxylic acids is 1. The highest BCUT2D eigenvalue weighted by molar-refractivity contribution is 5.82. The molecule has 102 valence electrons. The van der Waals surface area contributed by atoms with Gasteiger partial charge < -0.3 is 10.6 Å². The molecule has 0 aliphatic heterocycles. The van der Waals surface area contributed by atoms with Gasteiger partial charge >= 0.3 is 0 Å². The van der Waals surface area contributed by atoms with Crippen LogP contribution < -0.4 is 5.73 Å². The van der Waals surface area contributed by atoms with E-state index >= 15 is 0 Å². The Labute approximate surface area is 109 Å². The first kappa shape index (κ1) is 14.7. The van der Waals surface area contributed by atoms with Crippen LogP contribution in [-0.4, -0.2) is 34.2 Å². The second-order valence-corrected chi connectivity index (χ2v) is 4.88. The topological polar surface area (TPSA) is 64.2 Å². The van der Waals surface area contributed by atoms with Gasteiger partial charge in [0.05, 0.1) is 11.6 Å². The van der Waals surface area contributed by atoms with Gasteiger partial charge in [0.15, 0.2) is 0 Å². The van der Waals surface area contributed by atoms with Gasteiger partial charge in [-0.2, -0.15) is 5.10 Å². The van der Waals surface area contributed by atoms with E-state index in [0.29, 0.717) is 13.1 Å². The van der Waals surface area contributed by atoms with Crippen molar-refractivity contribution in [3.8, 4) is 0 Å². The minimum Gasteiger partial charge on any atom is -0.341 e. The summed E-state index contributed by atoms with van der Waals surface area (Å²) in [4.78, 5) is 14.2. The van der Waals surface area contributed by atoms with Crippen molar-refractivity contribution in [3.05, 3.63) is 18.0 Å². The molecule has 5 heteroatoms. The van der Waals surface area contributed by atoms with Crippen LogP contribution in [0, 0.1) is 5.41 Å². The lowest BCUT2D eigenvalue weighted by molar-refractivity contribution is -0.141. The predicted octanol–water partition coefficient (Wildman–Crippen LogP) is 1.14. The first-order valence-electron chi connectivity index (χ1n) is 6.42. The largest absolute Gasteiger partial charge is 0.341 e. The van der Waals surface area contributed by atoms with E-state index < -0.39 is 5.41 Å². The summed E-state index contributed by atoms with van der Waals surface area (Å²) in [5.41, 5.74) is 6.42. The second kappa shape index (κ2) is 6.00. The summed E-state index contributed by atoms with van der Waals surface area (Å²) in [5.74, 6) is 0.124. The molecule has 5 nitrogen and oxygen atoms in total. The molecule has 1 rings (SSSR count). The van der Waals surface area contributed by atoms with E-state index in [0.717, 1.165) is 18.4 Å². The van der Waals surface area contributed by atoms with Crippen LogP contribution in [0.1, 0.15) is 32.3 Å². The fourth-order valence-electron chi connectivity index (χ4n) is 2.23. The molecule has 0 bridgehead atoms. The molecule has 0 aliphatic carbocycles. The van der Waals surface area contributed by atoms with Crippen molar-refractivity contribution < 1.29 is 4.79 Å². The molecule has 2 N–H and O–H groups in total. The van der Waals surface area contributed by atoms with Crippen molar-refractivity contribution >= 4 is 5.91 Å². The Morgan fingerprint density at radius 2 is 2.11 bits per heavy atom. The summed E-state index contributed by atoms with van der Waals surface area (Å²) >= 11 is 0. The number of nitrogens with zero attached hydrogens (tertiary/aromatic N) is 3. The maximum Gasteiger partial charge on any atom is 0.230 e. The third-order valence-corrected chi connectivity index (χ3v) is 3.72. The minimum absolute atomic E-state index is 0.124. The van der Waals surface area contributed by atoms with Gasteiger partial charge in [0.2, 0.25) is 5.91 Å². The van der Waals surface area contributed by atoms with Gasteiger partial charge in [0, 0.05) is 38.9 Å². The quantitative estimate of drug-likeness (QED) is 0.826. The van der Waals surface area contributed by atoms with Crippen LogP contribution in [0.4, 0.5) is 0 Å². The van der Waals surface area contributed by atoms with E-state index in [2.05, 4.69) is 5.10 Å². The van der Waals surface area contributed by atoms with Gasteiger partial charge in [-0.15, -0.1) is 0 Å². The van der Waals surface area contributed by atoms with Gasteiger partial charge in [-0.25, -0.2) is 0 Å². The van der Waals surface area contributed by atoms with Crippen molar-refractivity contribution in [2.75, 3.05) is 13.6 Å². The number of nitrogens with two attached hydrogens (primary N) is 1. The second-order valence-electron chi connectivity index (χ2n) is 4.88. The molecule has 1 heterocycles. The number of aryl methyl sites for hydroxylation is 1. The molecule has 0 aromatic carbocycles. The maximum absolute atomic E-state index is 12.5. The van der Waals surface area contributed by atoms with E-state index in [9.17, 15) is 4.79 Å². The smallest absolute Gasteiger partial charge is 0.230 e. The molecule has 0 atom stereocenters. The Morgan fingerprint density at radius 3 is 2.50 bits per heavy atom. The maximum atomic E-state index is 12.5. The summed E-state index contributed by atoms with van der Waals surface area (Å²) in [6, 6.07) is 0. The standard InChI is InChI=1S/C13H24N4O/c1-5-13(6-2,10-14)12(18)16(3)8-11-7-15-17(4)9-11/h7,9H,5-6,8,10,14H2,1-4H3. The van der Waals surface area contributed by atoms with E-state index in [-0.39, 0.29) is 5.91 Å². The number of carbonyl (C=O) groups is 1. The van der Waals surface area contributed by atoms with Crippen molar-refractivity contribution in [2.24, 2.45) is 18.2 Å². The van der Waals surface area contributed by atoms with Gasteiger partial charge in [-0.05, 0) is 12.8 Å². The Kier molecular flexibility index (Phi) is 4.90. The minimum atomic E-state index is -0.420. The summed E-state index contributed by atoms with van der Waals surface area (Å²) < 4.78 is 1.74. The average Bonchev–Trinajstić information content (AvgIpc) is 2.77. The first-order chi connectivity index (χ1) is 8.49. The molecule has 0 unspecified atom stereocenters. The van der Waals surface area contributed by atoms with E-state index in [1.54, 1.807) is 15.8 Å². The van der Waals surface area contributed by atoms with Crippen molar-refractivity contribution in [1.29, 1.82) is 0 Å². The van der Waals surface area contributed by atoms with Crippen molar-refractivity contribution in [1.82, 2.24) is 14.7 Å². The number of rotatable bonds is 6. The number of hydrogen-bond acceptors (Lipinski definition) is 3. The lowest BCUT2D eigenvalue weighted by Gasteiger charge is -2.33. The molecule has 0 saturated carbocycles. The summed E-state index contributed by atoms with van der Waals surface area (Å²) in [6.45, 7) is 5.02. The summed E-state index contributed by atoms with van der Waals surface area (Å²) in [7, 11) is 3.69. The molecule has 1 amide bonds. The third kappa shape index (κ3) is 2.90. The Morgan fingerprint density at radius 1 is 1.50 bits per heavy atom. The molecule has 0 spiro atoms. The van der Waals surface area contributed by atoms with Crippen LogP contribution in [0.25, 0.3) is 0 Å². The molecule has 1 aromatic heterocycles. The van der Waals surface area contributed by atoms with Crippen LogP contribution in [0.2, 0.25) is 0 Å². The molecular weight excluding hydrogens is 228 g/mol. The number of aromatic nitrogens is 2. The Bertz CT molecular complexity index is 387.